The Morgan fingerprint density at radius 3 is 3.07 bits per heavy atom. The fraction of sp³-hybridized carbons (Fsp3) is 0. The number of thiophene rings is 1. The molecule has 0 radical (unpaired) electrons. The molecule has 0 saturated carbocycles. The van der Waals surface area contributed by atoms with E-state index >= 15 is 0 Å². The predicted molar refractivity (Wildman–Crippen MR) is 58.6 cm³/mol. The lowest BCUT2D eigenvalue weighted by Crippen LogP contribution is -2.17. The van der Waals surface area contributed by atoms with Crippen LogP contribution in [0.5, 0.6) is 0 Å². The summed E-state index contributed by atoms with van der Waals surface area (Å²) in [7, 11) is 0. The van der Waals surface area contributed by atoms with E-state index in [9.17, 15) is 10.0 Å². The van der Waals surface area contributed by atoms with Crippen molar-refractivity contribution in [3.05, 3.63) is 40.1 Å². The van der Waals surface area contributed by atoms with Crippen molar-refractivity contribution < 1.29 is 5.21 Å². The van der Waals surface area contributed by atoms with Gasteiger partial charge in [-0.05, 0) is 23.6 Å². The number of rotatable bonds is 0. The highest BCUT2D eigenvalue weighted by atomic mass is 32.1. The second-order valence-electron chi connectivity index (χ2n) is 3.15. The van der Waals surface area contributed by atoms with Crippen LogP contribution in [0.1, 0.15) is 0 Å². The van der Waals surface area contributed by atoms with Crippen LogP contribution in [0.4, 0.5) is 0 Å². The van der Waals surface area contributed by atoms with Crippen LogP contribution < -0.4 is 5.56 Å². The number of hydrogen-bond donors (Lipinski definition) is 1. The molecule has 1 N–H and O–H groups in total. The third-order valence-corrected chi connectivity index (χ3v) is 3.23. The van der Waals surface area contributed by atoms with Crippen molar-refractivity contribution in [1.82, 2.24) is 9.71 Å². The van der Waals surface area contributed by atoms with Crippen molar-refractivity contribution >= 4 is 32.5 Å². The Morgan fingerprint density at radius 2 is 2.20 bits per heavy atom. The van der Waals surface area contributed by atoms with E-state index in [4.69, 9.17) is 0 Å². The molecule has 3 aromatic heterocycles. The molecule has 0 aromatic carbocycles. The quantitative estimate of drug-likeness (QED) is 0.586. The average molecular weight is 218 g/mol. The van der Waals surface area contributed by atoms with E-state index < -0.39 is 5.56 Å². The standard InChI is InChI=1S/C10H6N2O2S/c13-10-8-6(3-5-15-8)7-2-1-4-11-9(7)12(10)14/h1-5,14H. The molecule has 74 valence electrons. The molecule has 5 heteroatoms. The van der Waals surface area contributed by atoms with Crippen LogP contribution in [0.2, 0.25) is 0 Å². The zero-order valence-electron chi connectivity index (χ0n) is 7.54. The van der Waals surface area contributed by atoms with Crippen LogP contribution in [-0.2, 0) is 0 Å². The topological polar surface area (TPSA) is 55.1 Å². The maximum absolute atomic E-state index is 11.7. The maximum atomic E-state index is 11.7. The van der Waals surface area contributed by atoms with Crippen molar-refractivity contribution in [1.29, 1.82) is 0 Å². The summed E-state index contributed by atoms with van der Waals surface area (Å²) in [6.45, 7) is 0. The van der Waals surface area contributed by atoms with Crippen molar-refractivity contribution in [2.24, 2.45) is 0 Å². The molecule has 0 aliphatic carbocycles. The van der Waals surface area contributed by atoms with Gasteiger partial charge in [-0.25, -0.2) is 4.98 Å². The Kier molecular flexibility index (Phi) is 1.58. The normalized spacial score (nSPS) is 11.2. The molecule has 0 fully saturated rings. The van der Waals surface area contributed by atoms with Crippen molar-refractivity contribution in [3.63, 3.8) is 0 Å². The second kappa shape index (κ2) is 2.80. The first kappa shape index (κ1) is 8.43. The van der Waals surface area contributed by atoms with E-state index in [1.807, 2.05) is 17.5 Å². The second-order valence-corrected chi connectivity index (χ2v) is 4.07. The minimum Gasteiger partial charge on any atom is -0.423 e. The fourth-order valence-corrected chi connectivity index (χ4v) is 2.49. The lowest BCUT2D eigenvalue weighted by Gasteiger charge is -2.02. The molecule has 0 unspecified atom stereocenters. The van der Waals surface area contributed by atoms with Crippen LogP contribution in [0, 0.1) is 0 Å². The van der Waals surface area contributed by atoms with Crippen LogP contribution in [0.25, 0.3) is 21.1 Å². The van der Waals surface area contributed by atoms with Crippen molar-refractivity contribution in [2.45, 2.75) is 0 Å². The fourth-order valence-electron chi connectivity index (χ4n) is 1.66. The van der Waals surface area contributed by atoms with Gasteiger partial charge in [-0.15, -0.1) is 16.1 Å². The molecular formula is C10H6N2O2S. The third kappa shape index (κ3) is 1.01. The van der Waals surface area contributed by atoms with E-state index in [1.54, 1.807) is 12.3 Å². The summed E-state index contributed by atoms with van der Waals surface area (Å²) >= 11 is 1.32. The highest BCUT2D eigenvalue weighted by molar-refractivity contribution is 7.17. The minimum absolute atomic E-state index is 0.299. The lowest BCUT2D eigenvalue weighted by molar-refractivity contribution is 0.188. The number of nitrogens with zero attached hydrogens (tertiary/aromatic N) is 2. The van der Waals surface area contributed by atoms with Crippen LogP contribution in [0.3, 0.4) is 0 Å². The van der Waals surface area contributed by atoms with Gasteiger partial charge in [0.2, 0.25) is 0 Å². The first-order valence-corrected chi connectivity index (χ1v) is 5.23. The monoisotopic (exact) mass is 218 g/mol. The molecule has 0 aliphatic rings. The summed E-state index contributed by atoms with van der Waals surface area (Å²) in [5.41, 5.74) is -0.111. The number of hydrogen-bond acceptors (Lipinski definition) is 4. The molecule has 0 spiro atoms. The van der Waals surface area contributed by atoms with E-state index in [2.05, 4.69) is 4.98 Å². The molecule has 4 nitrogen and oxygen atoms in total. The van der Waals surface area contributed by atoms with Gasteiger partial charge in [0.05, 0.1) is 0 Å². The smallest absolute Gasteiger partial charge is 0.302 e. The van der Waals surface area contributed by atoms with Gasteiger partial charge < -0.3 is 5.21 Å². The summed E-state index contributed by atoms with van der Waals surface area (Å²) in [5, 5.41) is 13.1. The maximum Gasteiger partial charge on any atom is 0.302 e. The summed E-state index contributed by atoms with van der Waals surface area (Å²) in [6.07, 6.45) is 1.55. The summed E-state index contributed by atoms with van der Waals surface area (Å²) in [4.78, 5) is 15.7. The SMILES string of the molecule is O=c1c2sccc2c2cccnc2n1O. The molecule has 0 amide bonds. The molecular weight excluding hydrogens is 212 g/mol. The highest BCUT2D eigenvalue weighted by Crippen LogP contribution is 2.24. The van der Waals surface area contributed by atoms with Gasteiger partial charge in [0.1, 0.15) is 4.70 Å². The van der Waals surface area contributed by atoms with E-state index in [1.165, 1.54) is 11.3 Å². The first-order valence-electron chi connectivity index (χ1n) is 4.35. The van der Waals surface area contributed by atoms with Crippen molar-refractivity contribution in [3.8, 4) is 0 Å². The van der Waals surface area contributed by atoms with Crippen LogP contribution in [-0.4, -0.2) is 14.9 Å². The number of fused-ring (bicyclic) bond motifs is 3. The molecule has 3 heterocycles. The van der Waals surface area contributed by atoms with Gasteiger partial charge in [-0.1, -0.05) is 0 Å². The van der Waals surface area contributed by atoms with E-state index in [0.29, 0.717) is 15.1 Å². The molecule has 3 aromatic rings. The zero-order chi connectivity index (χ0) is 10.4. The highest BCUT2D eigenvalue weighted by Gasteiger charge is 2.10. The number of pyridine rings is 2. The summed E-state index contributed by atoms with van der Waals surface area (Å²) in [5.74, 6) is 0. The van der Waals surface area contributed by atoms with Gasteiger partial charge >= 0.3 is 5.56 Å². The van der Waals surface area contributed by atoms with Gasteiger partial charge in [0.25, 0.3) is 0 Å². The molecule has 0 saturated heterocycles. The largest absolute Gasteiger partial charge is 0.423 e. The summed E-state index contributed by atoms with van der Waals surface area (Å²) < 4.78 is 1.16. The molecule has 0 bridgehead atoms. The number of aromatic nitrogens is 2. The average Bonchev–Trinajstić information content (AvgIpc) is 2.75. The Hall–Kier alpha value is -1.88. The third-order valence-electron chi connectivity index (χ3n) is 2.33. The van der Waals surface area contributed by atoms with Crippen LogP contribution >= 0.6 is 11.3 Å². The van der Waals surface area contributed by atoms with Gasteiger partial charge in [0.15, 0.2) is 5.65 Å². The zero-order valence-corrected chi connectivity index (χ0v) is 8.36. The molecule has 0 atom stereocenters. The molecule has 0 aliphatic heterocycles. The minimum atomic E-state index is -0.411. The lowest BCUT2D eigenvalue weighted by atomic mass is 10.2. The first-order chi connectivity index (χ1) is 7.29. The Bertz CT molecular complexity index is 714. The van der Waals surface area contributed by atoms with Gasteiger partial charge in [-0.3, -0.25) is 4.79 Å². The van der Waals surface area contributed by atoms with E-state index in [0.717, 1.165) is 10.8 Å². The molecule has 15 heavy (non-hydrogen) atoms. The predicted octanol–water partition coefficient (Wildman–Crippen LogP) is 1.85. The van der Waals surface area contributed by atoms with Gasteiger partial charge in [0, 0.05) is 17.0 Å². The van der Waals surface area contributed by atoms with E-state index in [-0.39, 0.29) is 0 Å². The Balaban J connectivity index is 2.77. The molecule has 3 rings (SSSR count). The van der Waals surface area contributed by atoms with Crippen molar-refractivity contribution in [2.75, 3.05) is 0 Å². The summed E-state index contributed by atoms with van der Waals surface area (Å²) in [6, 6.07) is 5.48. The van der Waals surface area contributed by atoms with Crippen LogP contribution in [0.15, 0.2) is 34.6 Å². The Morgan fingerprint density at radius 1 is 1.33 bits per heavy atom. The van der Waals surface area contributed by atoms with Gasteiger partial charge in [-0.2, -0.15) is 0 Å². The Labute approximate surface area is 88.0 Å².